The molecule has 5 nitrogen and oxygen atoms in total. The zero-order valence-corrected chi connectivity index (χ0v) is 20.8. The lowest BCUT2D eigenvalue weighted by molar-refractivity contribution is -0.132. The average Bonchev–Trinajstić information content (AvgIpc) is 3.20. The Kier molecular flexibility index (Phi) is 6.97. The fourth-order valence-electron chi connectivity index (χ4n) is 5.22. The molecule has 1 unspecified atom stereocenters. The van der Waals surface area contributed by atoms with Gasteiger partial charge in [0.05, 0.1) is 12.6 Å². The molecule has 2 aliphatic rings. The maximum atomic E-state index is 13.5. The van der Waals surface area contributed by atoms with Crippen LogP contribution in [0.25, 0.3) is 0 Å². The highest BCUT2D eigenvalue weighted by Gasteiger charge is 2.33. The number of hydrogen-bond donors (Lipinski definition) is 0. The van der Waals surface area contributed by atoms with Crippen LogP contribution >= 0.6 is 11.3 Å². The highest BCUT2D eigenvalue weighted by Crippen LogP contribution is 2.38. The average molecular weight is 492 g/mol. The Morgan fingerprint density at radius 3 is 2.46 bits per heavy atom. The Morgan fingerprint density at radius 1 is 0.914 bits per heavy atom. The Hall–Kier alpha value is -3.03. The Labute approximate surface area is 209 Å². The van der Waals surface area contributed by atoms with Gasteiger partial charge in [0.1, 0.15) is 5.82 Å². The molecule has 1 fully saturated rings. The Bertz CT molecular complexity index is 1210. The van der Waals surface area contributed by atoms with Gasteiger partial charge in [-0.05, 0) is 72.2 Å². The van der Waals surface area contributed by atoms with Gasteiger partial charge in [-0.25, -0.2) is 4.39 Å². The molecule has 1 aromatic heterocycles. The molecule has 7 heteroatoms. The van der Waals surface area contributed by atoms with E-state index in [-0.39, 0.29) is 23.7 Å². The topological polar surface area (TPSA) is 43.9 Å². The number of hydrogen-bond acceptors (Lipinski definition) is 4. The predicted octanol–water partition coefficient (Wildman–Crippen LogP) is 4.52. The summed E-state index contributed by atoms with van der Waals surface area (Å²) in [4.78, 5) is 33.7. The maximum absolute atomic E-state index is 13.5. The van der Waals surface area contributed by atoms with Gasteiger partial charge in [0.2, 0.25) is 5.91 Å². The number of nitrogens with zero attached hydrogens (tertiary/aromatic N) is 3. The van der Waals surface area contributed by atoms with Crippen LogP contribution in [0.1, 0.15) is 44.4 Å². The first kappa shape index (κ1) is 23.7. The van der Waals surface area contributed by atoms with Crippen molar-refractivity contribution in [1.82, 2.24) is 14.7 Å². The fraction of sp³-hybridized carbons (Fsp3) is 0.357. The van der Waals surface area contributed by atoms with Crippen molar-refractivity contribution in [2.75, 3.05) is 39.3 Å². The van der Waals surface area contributed by atoms with Crippen LogP contribution in [0.5, 0.6) is 0 Å². The summed E-state index contributed by atoms with van der Waals surface area (Å²) in [7, 11) is 0. The fourth-order valence-corrected chi connectivity index (χ4v) is 6.12. The first-order chi connectivity index (χ1) is 17.0. The van der Waals surface area contributed by atoms with E-state index in [9.17, 15) is 14.0 Å². The predicted molar refractivity (Wildman–Crippen MR) is 136 cm³/mol. The van der Waals surface area contributed by atoms with E-state index < -0.39 is 0 Å². The summed E-state index contributed by atoms with van der Waals surface area (Å²) in [6.45, 7) is 5.57. The maximum Gasteiger partial charge on any atom is 0.253 e. The number of aryl methyl sites for hydroxylation is 1. The third kappa shape index (κ3) is 5.02. The van der Waals surface area contributed by atoms with Crippen LogP contribution in [-0.2, 0) is 11.2 Å². The third-order valence-corrected chi connectivity index (χ3v) is 8.11. The molecule has 5 rings (SSSR count). The van der Waals surface area contributed by atoms with E-state index in [0.29, 0.717) is 38.3 Å². The molecule has 2 aromatic carbocycles. The lowest BCUT2D eigenvalue weighted by Crippen LogP contribution is -2.45. The Balaban J connectivity index is 1.28. The van der Waals surface area contributed by atoms with E-state index in [1.165, 1.54) is 45.8 Å². The number of thiophene rings is 1. The van der Waals surface area contributed by atoms with Gasteiger partial charge in [0, 0.05) is 43.2 Å². The second-order valence-corrected chi connectivity index (χ2v) is 10.3. The van der Waals surface area contributed by atoms with E-state index in [1.807, 2.05) is 4.90 Å². The van der Waals surface area contributed by atoms with E-state index in [0.717, 1.165) is 19.4 Å². The van der Waals surface area contributed by atoms with E-state index in [1.54, 1.807) is 16.2 Å². The second-order valence-electron chi connectivity index (χ2n) is 9.31. The van der Waals surface area contributed by atoms with Crippen LogP contribution in [0.2, 0.25) is 0 Å². The number of amides is 2. The van der Waals surface area contributed by atoms with E-state index >= 15 is 0 Å². The van der Waals surface area contributed by atoms with Gasteiger partial charge in [-0.15, -0.1) is 11.3 Å². The van der Waals surface area contributed by atoms with Crippen LogP contribution in [0.4, 0.5) is 4.39 Å². The van der Waals surface area contributed by atoms with Gasteiger partial charge in [-0.1, -0.05) is 24.3 Å². The molecule has 1 atom stereocenters. The largest absolute Gasteiger partial charge is 0.340 e. The summed E-state index contributed by atoms with van der Waals surface area (Å²) < 4.78 is 13.2. The number of benzene rings is 2. The Morgan fingerprint density at radius 2 is 1.66 bits per heavy atom. The van der Waals surface area contributed by atoms with E-state index in [2.05, 4.69) is 47.5 Å². The summed E-state index contributed by atoms with van der Waals surface area (Å²) in [6, 6.07) is 16.4. The quantitative estimate of drug-likeness (QED) is 0.539. The monoisotopic (exact) mass is 491 g/mol. The number of carbonyl (C=O) groups excluding carboxylic acids is 2. The summed E-state index contributed by atoms with van der Waals surface area (Å²) in [5.74, 6) is -0.358. The van der Waals surface area contributed by atoms with Crippen molar-refractivity contribution in [1.29, 1.82) is 0 Å². The summed E-state index contributed by atoms with van der Waals surface area (Å²) >= 11 is 1.80. The number of rotatable bonds is 4. The molecule has 3 aromatic rings. The van der Waals surface area contributed by atoms with Gasteiger partial charge in [0.25, 0.3) is 5.91 Å². The normalized spacial score (nSPS) is 18.7. The van der Waals surface area contributed by atoms with Crippen LogP contribution in [0.3, 0.4) is 0 Å². The highest BCUT2D eigenvalue weighted by molar-refractivity contribution is 7.10. The zero-order valence-electron chi connectivity index (χ0n) is 20.0. The van der Waals surface area contributed by atoms with Gasteiger partial charge in [-0.2, -0.15) is 0 Å². The molecular weight excluding hydrogens is 461 g/mol. The minimum atomic E-state index is -0.356. The molecule has 2 amide bonds. The van der Waals surface area contributed by atoms with E-state index in [4.69, 9.17) is 0 Å². The van der Waals surface area contributed by atoms with Gasteiger partial charge in [0.15, 0.2) is 0 Å². The molecule has 1 saturated heterocycles. The van der Waals surface area contributed by atoms with Crippen molar-refractivity contribution in [2.24, 2.45) is 0 Å². The van der Waals surface area contributed by atoms with Crippen LogP contribution in [-0.4, -0.2) is 65.8 Å². The SMILES string of the molecule is Cc1ccccc1C1c2ccsc2CCN1CC(=O)N1CCCN(C(=O)c2ccc(F)cc2)CC1. The molecular formula is C28H30FN3O2S. The summed E-state index contributed by atoms with van der Waals surface area (Å²) in [6.07, 6.45) is 1.69. The first-order valence-corrected chi connectivity index (χ1v) is 13.1. The van der Waals surface area contributed by atoms with Crippen molar-refractivity contribution in [2.45, 2.75) is 25.8 Å². The summed E-state index contributed by atoms with van der Waals surface area (Å²) in [5, 5.41) is 2.16. The minimum absolute atomic E-state index is 0.0821. The van der Waals surface area contributed by atoms with Crippen molar-refractivity contribution in [3.63, 3.8) is 0 Å². The molecule has 0 spiro atoms. The van der Waals surface area contributed by atoms with Crippen molar-refractivity contribution in [3.05, 3.63) is 92.9 Å². The van der Waals surface area contributed by atoms with Crippen molar-refractivity contribution < 1.29 is 14.0 Å². The molecule has 2 aliphatic heterocycles. The molecule has 3 heterocycles. The molecule has 0 N–H and O–H groups in total. The minimum Gasteiger partial charge on any atom is -0.340 e. The van der Waals surface area contributed by atoms with Gasteiger partial charge < -0.3 is 9.80 Å². The first-order valence-electron chi connectivity index (χ1n) is 12.2. The molecule has 182 valence electrons. The lowest BCUT2D eigenvalue weighted by Gasteiger charge is -2.37. The van der Waals surface area contributed by atoms with Crippen molar-refractivity contribution in [3.8, 4) is 0 Å². The molecule has 0 radical (unpaired) electrons. The molecule has 0 aliphatic carbocycles. The molecule has 0 saturated carbocycles. The third-order valence-electron chi connectivity index (χ3n) is 7.11. The van der Waals surface area contributed by atoms with Crippen molar-refractivity contribution >= 4 is 23.2 Å². The lowest BCUT2D eigenvalue weighted by atomic mass is 9.90. The second kappa shape index (κ2) is 10.3. The smallest absolute Gasteiger partial charge is 0.253 e. The van der Waals surface area contributed by atoms with Gasteiger partial charge >= 0.3 is 0 Å². The number of fused-ring (bicyclic) bond motifs is 1. The molecule has 0 bridgehead atoms. The number of carbonyl (C=O) groups is 2. The summed E-state index contributed by atoms with van der Waals surface area (Å²) in [5.41, 5.74) is 4.28. The molecule has 35 heavy (non-hydrogen) atoms. The van der Waals surface area contributed by atoms with Crippen LogP contribution in [0, 0.1) is 12.7 Å². The standard InChI is InChI=1S/C28H30FN3O2S/c1-20-5-2-3-6-23(20)27-24-12-18-35-25(24)11-15-32(27)19-26(33)30-13-4-14-31(17-16-30)28(34)21-7-9-22(29)10-8-21/h2-3,5-10,12,18,27H,4,11,13-17,19H2,1H3. The van der Waals surface area contributed by atoms with Crippen LogP contribution < -0.4 is 0 Å². The van der Waals surface area contributed by atoms with Gasteiger partial charge in [-0.3, -0.25) is 14.5 Å². The zero-order chi connectivity index (χ0) is 24.4. The number of halogens is 1. The van der Waals surface area contributed by atoms with Crippen LogP contribution in [0.15, 0.2) is 60.0 Å². The highest BCUT2D eigenvalue weighted by atomic mass is 32.1.